The average molecular weight is 284 g/mol. The first-order valence-corrected chi connectivity index (χ1v) is 7.07. The van der Waals surface area contributed by atoms with E-state index in [0.717, 1.165) is 16.8 Å². The summed E-state index contributed by atoms with van der Waals surface area (Å²) in [6.07, 6.45) is 1.88. The summed E-state index contributed by atoms with van der Waals surface area (Å²) in [7, 11) is 0. The molecule has 110 valence electrons. The second kappa shape index (κ2) is 6.99. The molecule has 0 spiro atoms. The van der Waals surface area contributed by atoms with Crippen LogP contribution in [0.4, 0.5) is 0 Å². The van der Waals surface area contributed by atoms with Gasteiger partial charge in [0.15, 0.2) is 0 Å². The Morgan fingerprint density at radius 3 is 2.76 bits per heavy atom. The van der Waals surface area contributed by atoms with Crippen LogP contribution in [-0.4, -0.2) is 28.6 Å². The molecule has 21 heavy (non-hydrogen) atoms. The number of aliphatic hydroxyl groups is 1. The monoisotopic (exact) mass is 284 g/mol. The van der Waals surface area contributed by atoms with Crippen molar-refractivity contribution in [1.29, 1.82) is 0 Å². The van der Waals surface area contributed by atoms with E-state index in [2.05, 4.69) is 10.3 Å². The van der Waals surface area contributed by atoms with Crippen LogP contribution < -0.4 is 5.32 Å². The molecule has 1 amide bonds. The minimum Gasteiger partial charge on any atom is -0.393 e. The van der Waals surface area contributed by atoms with Crippen molar-refractivity contribution in [2.75, 3.05) is 6.54 Å². The molecule has 2 N–H and O–H groups in total. The Labute approximate surface area is 124 Å². The van der Waals surface area contributed by atoms with Gasteiger partial charge in [-0.2, -0.15) is 0 Å². The fourth-order valence-electron chi connectivity index (χ4n) is 2.17. The molecule has 0 aliphatic heterocycles. The lowest BCUT2D eigenvalue weighted by atomic mass is 9.99. The molecule has 0 aliphatic carbocycles. The van der Waals surface area contributed by atoms with Gasteiger partial charge in [-0.3, -0.25) is 9.78 Å². The zero-order valence-electron chi connectivity index (χ0n) is 12.3. The zero-order valence-corrected chi connectivity index (χ0v) is 12.3. The van der Waals surface area contributed by atoms with Crippen molar-refractivity contribution < 1.29 is 9.90 Å². The summed E-state index contributed by atoms with van der Waals surface area (Å²) in [6.45, 7) is 4.09. The van der Waals surface area contributed by atoms with E-state index in [0.29, 0.717) is 18.5 Å². The molecule has 4 heteroatoms. The topological polar surface area (TPSA) is 62.2 Å². The highest BCUT2D eigenvalue weighted by molar-refractivity contribution is 5.97. The van der Waals surface area contributed by atoms with Crippen molar-refractivity contribution in [2.45, 2.75) is 26.4 Å². The Morgan fingerprint density at radius 1 is 1.29 bits per heavy atom. The summed E-state index contributed by atoms with van der Waals surface area (Å²) in [5.74, 6) is -0.120. The standard InChI is InChI=1S/C17H20N2O2/c1-12(20)9-11-19-17(21)15-7-5-6-14(13(15)2)16-8-3-4-10-18-16/h3-8,10,12,20H,9,11H2,1-2H3,(H,19,21). The van der Waals surface area contributed by atoms with Gasteiger partial charge in [0, 0.05) is 23.9 Å². The molecule has 0 saturated carbocycles. The number of nitrogens with one attached hydrogen (secondary N) is 1. The molecule has 1 aromatic carbocycles. The van der Waals surface area contributed by atoms with E-state index < -0.39 is 6.10 Å². The van der Waals surface area contributed by atoms with Gasteiger partial charge in [0.25, 0.3) is 5.91 Å². The van der Waals surface area contributed by atoms with Crippen molar-refractivity contribution in [1.82, 2.24) is 10.3 Å². The van der Waals surface area contributed by atoms with Gasteiger partial charge in [-0.05, 0) is 44.0 Å². The highest BCUT2D eigenvalue weighted by Gasteiger charge is 2.12. The molecule has 0 fully saturated rings. The quantitative estimate of drug-likeness (QED) is 0.887. The summed E-state index contributed by atoms with van der Waals surface area (Å²) in [4.78, 5) is 16.5. The number of hydrogen-bond acceptors (Lipinski definition) is 3. The summed E-state index contributed by atoms with van der Waals surface area (Å²) in [5.41, 5.74) is 3.36. The molecule has 4 nitrogen and oxygen atoms in total. The molecule has 0 aliphatic rings. The normalized spacial score (nSPS) is 12.0. The van der Waals surface area contributed by atoms with Crippen LogP contribution in [0.5, 0.6) is 0 Å². The first kappa shape index (κ1) is 15.2. The average Bonchev–Trinajstić information content (AvgIpc) is 2.48. The number of aromatic nitrogens is 1. The minimum atomic E-state index is -0.411. The van der Waals surface area contributed by atoms with E-state index >= 15 is 0 Å². The van der Waals surface area contributed by atoms with Crippen LogP contribution in [-0.2, 0) is 0 Å². The molecule has 2 aromatic rings. The fourth-order valence-corrected chi connectivity index (χ4v) is 2.17. The lowest BCUT2D eigenvalue weighted by Crippen LogP contribution is -2.27. The van der Waals surface area contributed by atoms with Gasteiger partial charge in [-0.1, -0.05) is 18.2 Å². The minimum absolute atomic E-state index is 0.120. The number of hydrogen-bond donors (Lipinski definition) is 2. The Balaban J connectivity index is 2.20. The number of benzene rings is 1. The van der Waals surface area contributed by atoms with Crippen LogP contribution in [0.3, 0.4) is 0 Å². The number of amides is 1. The number of pyridine rings is 1. The molecule has 1 unspecified atom stereocenters. The summed E-state index contributed by atoms with van der Waals surface area (Å²) < 4.78 is 0. The Morgan fingerprint density at radius 2 is 2.10 bits per heavy atom. The summed E-state index contributed by atoms with van der Waals surface area (Å²) in [6, 6.07) is 11.4. The van der Waals surface area contributed by atoms with Gasteiger partial charge in [-0.15, -0.1) is 0 Å². The fraction of sp³-hybridized carbons (Fsp3) is 0.294. The van der Waals surface area contributed by atoms with Gasteiger partial charge < -0.3 is 10.4 Å². The van der Waals surface area contributed by atoms with Gasteiger partial charge in [0.05, 0.1) is 11.8 Å². The Kier molecular flexibility index (Phi) is 5.06. The van der Waals surface area contributed by atoms with E-state index in [-0.39, 0.29) is 5.91 Å². The van der Waals surface area contributed by atoms with Crippen LogP contribution in [0, 0.1) is 6.92 Å². The predicted octanol–water partition coefficient (Wildman–Crippen LogP) is 2.56. The second-order valence-corrected chi connectivity index (χ2v) is 5.09. The van der Waals surface area contributed by atoms with E-state index in [1.165, 1.54) is 0 Å². The Hall–Kier alpha value is -2.20. The Bertz CT molecular complexity index is 609. The third-order valence-electron chi connectivity index (χ3n) is 3.37. The molecule has 0 bridgehead atoms. The van der Waals surface area contributed by atoms with Crippen molar-refractivity contribution >= 4 is 5.91 Å². The maximum Gasteiger partial charge on any atom is 0.251 e. The molecule has 1 aromatic heterocycles. The van der Waals surface area contributed by atoms with Gasteiger partial charge in [0.1, 0.15) is 0 Å². The van der Waals surface area contributed by atoms with Crippen molar-refractivity contribution in [3.63, 3.8) is 0 Å². The molecular weight excluding hydrogens is 264 g/mol. The van der Waals surface area contributed by atoms with Gasteiger partial charge >= 0.3 is 0 Å². The summed E-state index contributed by atoms with van der Waals surface area (Å²) in [5, 5.41) is 12.1. The lowest BCUT2D eigenvalue weighted by Gasteiger charge is -2.12. The number of carbonyl (C=O) groups is 1. The van der Waals surface area contributed by atoms with Crippen LogP contribution in [0.2, 0.25) is 0 Å². The number of nitrogens with zero attached hydrogens (tertiary/aromatic N) is 1. The number of carbonyl (C=O) groups excluding carboxylic acids is 1. The number of aliphatic hydroxyl groups excluding tert-OH is 1. The van der Waals surface area contributed by atoms with E-state index in [1.54, 1.807) is 19.2 Å². The van der Waals surface area contributed by atoms with Gasteiger partial charge in [0.2, 0.25) is 0 Å². The molecule has 2 rings (SSSR count). The molecule has 1 atom stereocenters. The highest BCUT2D eigenvalue weighted by Crippen LogP contribution is 2.23. The van der Waals surface area contributed by atoms with E-state index in [9.17, 15) is 9.90 Å². The van der Waals surface area contributed by atoms with Gasteiger partial charge in [-0.25, -0.2) is 0 Å². The van der Waals surface area contributed by atoms with Crippen LogP contribution in [0.25, 0.3) is 11.3 Å². The zero-order chi connectivity index (χ0) is 15.2. The van der Waals surface area contributed by atoms with Crippen molar-refractivity contribution in [2.24, 2.45) is 0 Å². The largest absolute Gasteiger partial charge is 0.393 e. The first-order valence-electron chi connectivity index (χ1n) is 7.07. The van der Waals surface area contributed by atoms with Crippen LogP contribution >= 0.6 is 0 Å². The third-order valence-corrected chi connectivity index (χ3v) is 3.37. The molecule has 1 heterocycles. The van der Waals surface area contributed by atoms with Crippen molar-refractivity contribution in [3.8, 4) is 11.3 Å². The molecule has 0 radical (unpaired) electrons. The SMILES string of the molecule is Cc1c(C(=O)NCCC(C)O)cccc1-c1ccccn1. The highest BCUT2D eigenvalue weighted by atomic mass is 16.3. The lowest BCUT2D eigenvalue weighted by molar-refractivity contribution is 0.0945. The second-order valence-electron chi connectivity index (χ2n) is 5.09. The van der Waals surface area contributed by atoms with E-state index in [1.807, 2.05) is 37.3 Å². The maximum absolute atomic E-state index is 12.2. The molecule has 0 saturated heterocycles. The molecular formula is C17H20N2O2. The van der Waals surface area contributed by atoms with Crippen LogP contribution in [0.15, 0.2) is 42.6 Å². The summed E-state index contributed by atoms with van der Waals surface area (Å²) >= 11 is 0. The van der Waals surface area contributed by atoms with Crippen LogP contribution in [0.1, 0.15) is 29.3 Å². The maximum atomic E-state index is 12.2. The first-order chi connectivity index (χ1) is 10.1. The van der Waals surface area contributed by atoms with E-state index in [4.69, 9.17) is 0 Å². The van der Waals surface area contributed by atoms with Crippen molar-refractivity contribution in [3.05, 3.63) is 53.7 Å². The number of rotatable bonds is 5. The smallest absolute Gasteiger partial charge is 0.251 e. The predicted molar refractivity (Wildman–Crippen MR) is 83.0 cm³/mol. The third kappa shape index (κ3) is 3.89.